The molecule has 2 rings (SSSR count). The third kappa shape index (κ3) is 3.32. The van der Waals surface area contributed by atoms with Crippen LogP contribution in [0, 0.1) is 6.92 Å². The molecule has 0 bridgehead atoms. The van der Waals surface area contributed by atoms with E-state index in [0.29, 0.717) is 12.1 Å². The maximum atomic E-state index is 12.6. The van der Waals surface area contributed by atoms with E-state index in [4.69, 9.17) is 5.73 Å². The number of carbonyl (C=O) groups excluding carboxylic acids is 1. The fourth-order valence-corrected chi connectivity index (χ4v) is 2.83. The first-order valence-corrected chi connectivity index (χ1v) is 7.11. The van der Waals surface area contributed by atoms with E-state index in [-0.39, 0.29) is 5.91 Å². The molecule has 1 aliphatic rings. The molecule has 0 radical (unpaired) electrons. The second-order valence-corrected chi connectivity index (χ2v) is 5.35. The summed E-state index contributed by atoms with van der Waals surface area (Å²) in [6.07, 6.45) is 5.77. The molecule has 0 spiro atoms. The van der Waals surface area contributed by atoms with Gasteiger partial charge in [-0.3, -0.25) is 9.78 Å². The van der Waals surface area contributed by atoms with Crippen molar-refractivity contribution in [1.29, 1.82) is 0 Å². The van der Waals surface area contributed by atoms with Crippen LogP contribution in [0.15, 0.2) is 18.3 Å². The van der Waals surface area contributed by atoms with Crippen LogP contribution in [0.1, 0.15) is 48.7 Å². The van der Waals surface area contributed by atoms with Crippen molar-refractivity contribution in [2.24, 2.45) is 5.73 Å². The highest BCUT2D eigenvalue weighted by Gasteiger charge is 2.27. The Labute approximate surface area is 115 Å². The zero-order chi connectivity index (χ0) is 13.8. The molecule has 0 atom stereocenters. The molecule has 0 unspecified atom stereocenters. The van der Waals surface area contributed by atoms with Crippen LogP contribution in [0.25, 0.3) is 0 Å². The van der Waals surface area contributed by atoms with Crippen LogP contribution < -0.4 is 5.73 Å². The van der Waals surface area contributed by atoms with E-state index in [1.807, 2.05) is 24.8 Å². The van der Waals surface area contributed by atoms with Gasteiger partial charge < -0.3 is 10.6 Å². The van der Waals surface area contributed by atoms with Crippen molar-refractivity contribution < 1.29 is 4.79 Å². The van der Waals surface area contributed by atoms with E-state index in [0.717, 1.165) is 43.5 Å². The molecule has 1 aromatic heterocycles. The van der Waals surface area contributed by atoms with Crippen molar-refractivity contribution in [2.75, 3.05) is 6.54 Å². The molecule has 1 heterocycles. The minimum absolute atomic E-state index is 0.119. The quantitative estimate of drug-likeness (QED) is 0.906. The Hall–Kier alpha value is -1.42. The monoisotopic (exact) mass is 261 g/mol. The van der Waals surface area contributed by atoms with Gasteiger partial charge in [-0.2, -0.15) is 0 Å². The molecule has 1 fully saturated rings. The molecule has 1 amide bonds. The second-order valence-electron chi connectivity index (χ2n) is 5.35. The molecule has 4 heteroatoms. The predicted molar refractivity (Wildman–Crippen MR) is 75.9 cm³/mol. The van der Waals surface area contributed by atoms with Crippen molar-refractivity contribution in [1.82, 2.24) is 9.88 Å². The van der Waals surface area contributed by atoms with Gasteiger partial charge in [0, 0.05) is 36.1 Å². The Balaban J connectivity index is 2.11. The summed E-state index contributed by atoms with van der Waals surface area (Å²) in [6, 6.07) is 4.31. The van der Waals surface area contributed by atoms with E-state index in [2.05, 4.69) is 4.98 Å². The van der Waals surface area contributed by atoms with Gasteiger partial charge in [0.1, 0.15) is 0 Å². The van der Waals surface area contributed by atoms with Crippen molar-refractivity contribution in [3.05, 3.63) is 29.6 Å². The molecular weight excluding hydrogens is 238 g/mol. The third-order valence-electron chi connectivity index (χ3n) is 3.93. The van der Waals surface area contributed by atoms with Gasteiger partial charge in [0.2, 0.25) is 0 Å². The summed E-state index contributed by atoms with van der Waals surface area (Å²) in [4.78, 5) is 18.7. The largest absolute Gasteiger partial charge is 0.336 e. The highest BCUT2D eigenvalue weighted by Crippen LogP contribution is 2.23. The standard InChI is InChI=1S/C15H23N3O/c1-3-18(14-6-4-13(16)5-7-14)15(19)12-8-9-17-11(2)10-12/h8-10,13-14H,3-7,16H2,1-2H3. The van der Waals surface area contributed by atoms with Crippen molar-refractivity contribution in [3.63, 3.8) is 0 Å². The van der Waals surface area contributed by atoms with E-state index in [1.165, 1.54) is 0 Å². The summed E-state index contributed by atoms with van der Waals surface area (Å²) >= 11 is 0. The lowest BCUT2D eigenvalue weighted by Crippen LogP contribution is -2.44. The van der Waals surface area contributed by atoms with Gasteiger partial charge in [-0.05, 0) is 51.7 Å². The summed E-state index contributed by atoms with van der Waals surface area (Å²) < 4.78 is 0. The highest BCUT2D eigenvalue weighted by molar-refractivity contribution is 5.94. The van der Waals surface area contributed by atoms with Gasteiger partial charge >= 0.3 is 0 Å². The van der Waals surface area contributed by atoms with Gasteiger partial charge in [0.15, 0.2) is 0 Å². The van der Waals surface area contributed by atoms with E-state index in [1.54, 1.807) is 12.3 Å². The van der Waals surface area contributed by atoms with Gasteiger partial charge in [0.25, 0.3) is 5.91 Å². The lowest BCUT2D eigenvalue weighted by Gasteiger charge is -2.35. The minimum atomic E-state index is 0.119. The Kier molecular flexibility index (Phi) is 4.53. The number of nitrogens with zero attached hydrogens (tertiary/aromatic N) is 2. The van der Waals surface area contributed by atoms with E-state index >= 15 is 0 Å². The average Bonchev–Trinajstić information content (AvgIpc) is 2.41. The number of aryl methyl sites for hydroxylation is 1. The fraction of sp³-hybridized carbons (Fsp3) is 0.600. The summed E-state index contributed by atoms with van der Waals surface area (Å²) in [7, 11) is 0. The summed E-state index contributed by atoms with van der Waals surface area (Å²) in [5.41, 5.74) is 7.56. The first-order chi connectivity index (χ1) is 9.11. The first kappa shape index (κ1) is 14.0. The number of pyridine rings is 1. The normalized spacial score (nSPS) is 23.1. The van der Waals surface area contributed by atoms with Crippen LogP contribution in [0.3, 0.4) is 0 Å². The van der Waals surface area contributed by atoms with Crippen LogP contribution >= 0.6 is 0 Å². The molecule has 1 saturated carbocycles. The Morgan fingerprint density at radius 1 is 1.42 bits per heavy atom. The average molecular weight is 261 g/mol. The van der Waals surface area contributed by atoms with Crippen LogP contribution in [0.4, 0.5) is 0 Å². The molecule has 1 aliphatic carbocycles. The number of carbonyl (C=O) groups is 1. The van der Waals surface area contributed by atoms with E-state index < -0.39 is 0 Å². The van der Waals surface area contributed by atoms with E-state index in [9.17, 15) is 4.79 Å². The number of hydrogen-bond donors (Lipinski definition) is 1. The summed E-state index contributed by atoms with van der Waals surface area (Å²) in [5.74, 6) is 0.119. The van der Waals surface area contributed by atoms with Crippen LogP contribution in [-0.4, -0.2) is 34.4 Å². The van der Waals surface area contributed by atoms with Gasteiger partial charge in [-0.15, -0.1) is 0 Å². The van der Waals surface area contributed by atoms with Gasteiger partial charge in [0.05, 0.1) is 0 Å². The first-order valence-electron chi connectivity index (χ1n) is 7.11. The molecule has 19 heavy (non-hydrogen) atoms. The Morgan fingerprint density at radius 2 is 2.11 bits per heavy atom. The molecule has 1 aromatic rings. The van der Waals surface area contributed by atoms with Gasteiger partial charge in [-0.25, -0.2) is 0 Å². The van der Waals surface area contributed by atoms with Crippen molar-refractivity contribution >= 4 is 5.91 Å². The summed E-state index contributed by atoms with van der Waals surface area (Å²) in [6.45, 7) is 4.70. The molecule has 104 valence electrons. The van der Waals surface area contributed by atoms with Crippen LogP contribution in [0.2, 0.25) is 0 Å². The minimum Gasteiger partial charge on any atom is -0.336 e. The zero-order valence-corrected chi connectivity index (χ0v) is 11.8. The molecule has 0 saturated heterocycles. The molecule has 4 nitrogen and oxygen atoms in total. The maximum Gasteiger partial charge on any atom is 0.254 e. The van der Waals surface area contributed by atoms with Crippen molar-refractivity contribution in [3.8, 4) is 0 Å². The molecular formula is C15H23N3O. The topological polar surface area (TPSA) is 59.2 Å². The number of nitrogens with two attached hydrogens (primary N) is 1. The third-order valence-corrected chi connectivity index (χ3v) is 3.93. The molecule has 0 aromatic carbocycles. The maximum absolute atomic E-state index is 12.6. The zero-order valence-electron chi connectivity index (χ0n) is 11.8. The SMILES string of the molecule is CCN(C(=O)c1ccnc(C)c1)C1CCC(N)CC1. The number of aromatic nitrogens is 1. The fourth-order valence-electron chi connectivity index (χ4n) is 2.83. The number of rotatable bonds is 3. The Morgan fingerprint density at radius 3 is 2.68 bits per heavy atom. The second kappa shape index (κ2) is 6.15. The van der Waals surface area contributed by atoms with Gasteiger partial charge in [-0.1, -0.05) is 0 Å². The van der Waals surface area contributed by atoms with Crippen molar-refractivity contribution in [2.45, 2.75) is 51.6 Å². The van der Waals surface area contributed by atoms with Crippen LogP contribution in [-0.2, 0) is 0 Å². The lowest BCUT2D eigenvalue weighted by molar-refractivity contribution is 0.0640. The molecule has 2 N–H and O–H groups in total. The Bertz CT molecular complexity index is 439. The molecule has 0 aliphatic heterocycles. The number of hydrogen-bond acceptors (Lipinski definition) is 3. The summed E-state index contributed by atoms with van der Waals surface area (Å²) in [5, 5.41) is 0. The number of amides is 1. The smallest absolute Gasteiger partial charge is 0.254 e. The predicted octanol–water partition coefficient (Wildman–Crippen LogP) is 2.12. The van der Waals surface area contributed by atoms with Crippen LogP contribution in [0.5, 0.6) is 0 Å². The lowest BCUT2D eigenvalue weighted by atomic mass is 9.90. The highest BCUT2D eigenvalue weighted by atomic mass is 16.2.